The first-order valence-electron chi connectivity index (χ1n) is 0.250. The molecule has 0 aromatic carbocycles. The molecule has 4 heteroatoms. The summed E-state index contributed by atoms with van der Waals surface area (Å²) in [4.78, 5) is 0. The molecule has 0 heterocycles. The van der Waals surface area contributed by atoms with Crippen LogP contribution >= 0.6 is 0 Å². The van der Waals surface area contributed by atoms with Gasteiger partial charge in [0.15, 0.2) is 0 Å². The molecule has 0 unspecified atom stereocenters. The third kappa shape index (κ3) is 8.90. The van der Waals surface area contributed by atoms with Crippen molar-refractivity contribution >= 4 is 63.2 Å². The molecule has 0 aliphatic heterocycles. The van der Waals surface area contributed by atoms with Crippen molar-refractivity contribution in [3.05, 3.63) is 0 Å². The molecule has 0 aliphatic carbocycles. The zero-order valence-corrected chi connectivity index (χ0v) is 10.4. The molecule has 0 fully saturated rings. The predicted molar refractivity (Wildman–Crippen MR) is 23.0 cm³/mol. The van der Waals surface area contributed by atoms with Gasteiger partial charge in [0.2, 0.25) is 0 Å². The summed E-state index contributed by atoms with van der Waals surface area (Å²) in [6.07, 6.45) is 0. The van der Waals surface area contributed by atoms with Crippen molar-refractivity contribution in [3.8, 4) is 0 Å². The summed E-state index contributed by atoms with van der Waals surface area (Å²) < 4.78 is 0. The molecule has 4 heavy (non-hydrogen) atoms. The molecule has 0 saturated heterocycles. The predicted octanol–water partition coefficient (Wildman–Crippen LogP) is -1.52. The summed E-state index contributed by atoms with van der Waals surface area (Å²) in [6, 6.07) is 0. The van der Waals surface area contributed by atoms with Crippen LogP contribution in [-0.4, -0.2) is 63.2 Å². The van der Waals surface area contributed by atoms with Crippen LogP contribution in [0.15, 0.2) is 0 Å². The van der Waals surface area contributed by atoms with Crippen molar-refractivity contribution in [2.24, 2.45) is 0 Å². The van der Waals surface area contributed by atoms with Gasteiger partial charge in [-0.15, -0.1) is 0 Å². The number of hydrogen-bond donors (Lipinski definition) is 0. The Morgan fingerprint density at radius 3 is 0.750 bits per heavy atom. The zero-order chi connectivity index (χ0) is 2.00. The summed E-state index contributed by atoms with van der Waals surface area (Å²) >= 11 is 4.00. The first-order chi connectivity index (χ1) is 1.00. The topological polar surface area (TPSA) is 0 Å². The quantitative estimate of drug-likeness (QED) is 0.475. The summed E-state index contributed by atoms with van der Waals surface area (Å²) in [7, 11) is 0. The van der Waals surface area contributed by atoms with Crippen LogP contribution < -0.4 is 0 Å². The molecule has 12 radical (unpaired) electrons. The van der Waals surface area contributed by atoms with E-state index in [1.165, 1.54) is 0 Å². The van der Waals surface area contributed by atoms with Crippen molar-refractivity contribution in [1.82, 2.24) is 0 Å². The van der Waals surface area contributed by atoms with Gasteiger partial charge in [0.05, 0.1) is 0 Å². The van der Waals surface area contributed by atoms with Crippen molar-refractivity contribution in [2.45, 2.75) is 0 Å². The number of hydrogen-bond acceptors (Lipinski definition) is 0. The van der Waals surface area contributed by atoms with Crippen LogP contribution in [0.4, 0.5) is 0 Å². The van der Waals surface area contributed by atoms with Gasteiger partial charge in [-0.2, -0.15) is 0 Å². The van der Waals surface area contributed by atoms with Gasteiger partial charge in [-0.05, 0) is 0 Å². The van der Waals surface area contributed by atoms with E-state index in [0.29, 0.717) is 0 Å². The van der Waals surface area contributed by atoms with Crippen molar-refractivity contribution in [1.29, 1.82) is 0 Å². The molecule has 0 aromatic rings. The Morgan fingerprint density at radius 2 is 0.750 bits per heavy atom. The van der Waals surface area contributed by atoms with Crippen molar-refractivity contribution in [3.63, 3.8) is 0 Å². The average Bonchev–Trinajstić information content (AvgIpc) is 1.00. The first kappa shape index (κ1) is 16.4. The maximum absolute atomic E-state index is 2.00. The Hall–Kier alpha value is 2.17. The Morgan fingerprint density at radius 1 is 0.750 bits per heavy atom. The standard InChI is InChI=1S/Ge2.2Ge/c1-2;;. The van der Waals surface area contributed by atoms with Gasteiger partial charge in [0, 0.05) is 35.2 Å². The van der Waals surface area contributed by atoms with Gasteiger partial charge < -0.3 is 0 Å². The fraction of sp³-hybridized carbons (Fsp3) is 0. The second-order valence-electron chi connectivity index (χ2n) is 0. The maximum atomic E-state index is 2.00. The first-order valence-corrected chi connectivity index (χ1v) is 6.75. The Labute approximate surface area is 62.6 Å². The molecular formula is Ge4. The van der Waals surface area contributed by atoms with Gasteiger partial charge in [0.1, 0.15) is 0 Å². The van der Waals surface area contributed by atoms with Gasteiger partial charge in [0.25, 0.3) is 0 Å². The van der Waals surface area contributed by atoms with Gasteiger partial charge in [-0.25, -0.2) is 0 Å². The van der Waals surface area contributed by atoms with Crippen LogP contribution in [0.25, 0.3) is 0 Å². The summed E-state index contributed by atoms with van der Waals surface area (Å²) in [5.74, 6) is 0. The van der Waals surface area contributed by atoms with E-state index in [-0.39, 0.29) is 35.2 Å². The summed E-state index contributed by atoms with van der Waals surface area (Å²) in [5.41, 5.74) is 0. The minimum atomic E-state index is 0. The second kappa shape index (κ2) is 19.1. The molecule has 0 saturated carbocycles. The van der Waals surface area contributed by atoms with Gasteiger partial charge in [-0.1, -0.05) is 0 Å². The summed E-state index contributed by atoms with van der Waals surface area (Å²) in [6.45, 7) is 0. The normalized spacial score (nSPS) is 1.00. The molecule has 0 amide bonds. The molecule has 0 rings (SSSR count). The second-order valence-corrected chi connectivity index (χ2v) is 0. The van der Waals surface area contributed by atoms with E-state index in [9.17, 15) is 0 Å². The SMILES string of the molecule is [Ge].[Ge].[Ge]=[Ge]. The third-order valence-electron chi connectivity index (χ3n) is 0. The van der Waals surface area contributed by atoms with Crippen molar-refractivity contribution < 1.29 is 0 Å². The minimum absolute atomic E-state index is 0. The molecule has 0 N–H and O–H groups in total. The van der Waals surface area contributed by atoms with Crippen LogP contribution in [0, 0.1) is 0 Å². The monoisotopic (exact) mass is 296 g/mol. The Bertz CT molecular complexity index is 0. The van der Waals surface area contributed by atoms with Crippen LogP contribution in [0.2, 0.25) is 0 Å². The van der Waals surface area contributed by atoms with Gasteiger partial charge >= 0.3 is 28.0 Å². The Kier molecular flexibility index (Phi) is 78.3. The van der Waals surface area contributed by atoms with E-state index in [0.717, 1.165) is 0 Å². The molecule has 0 spiro atoms. The molecule has 0 aliphatic rings. The zero-order valence-electron chi connectivity index (χ0n) is 2.00. The van der Waals surface area contributed by atoms with E-state index in [2.05, 4.69) is 0 Å². The van der Waals surface area contributed by atoms with Crippen molar-refractivity contribution in [2.75, 3.05) is 0 Å². The fourth-order valence-electron chi connectivity index (χ4n) is 0. The average molecular weight is 290 g/mol. The molecule has 0 atom stereocenters. The molecule has 0 aromatic heterocycles. The summed E-state index contributed by atoms with van der Waals surface area (Å²) in [5, 5.41) is 0. The molecule has 0 bridgehead atoms. The third-order valence-corrected chi connectivity index (χ3v) is 0. The van der Waals surface area contributed by atoms with E-state index in [4.69, 9.17) is 0 Å². The van der Waals surface area contributed by atoms with E-state index < -0.39 is 0 Å². The molecular weight excluding hydrogens is 290 g/mol. The van der Waals surface area contributed by atoms with E-state index in [1.807, 2.05) is 28.0 Å². The molecule has 0 nitrogen and oxygen atoms in total. The van der Waals surface area contributed by atoms with Gasteiger partial charge in [-0.3, -0.25) is 0 Å². The van der Waals surface area contributed by atoms with E-state index >= 15 is 0 Å². The molecule has 16 valence electrons. The van der Waals surface area contributed by atoms with Crippen LogP contribution in [0.1, 0.15) is 0 Å². The van der Waals surface area contributed by atoms with E-state index in [1.54, 1.807) is 0 Å². The van der Waals surface area contributed by atoms with Crippen LogP contribution in [-0.2, 0) is 0 Å². The number of rotatable bonds is 0. The van der Waals surface area contributed by atoms with Crippen LogP contribution in [0.5, 0.6) is 0 Å². The van der Waals surface area contributed by atoms with Crippen LogP contribution in [0.3, 0.4) is 0 Å². The Balaban J connectivity index is -0.00000000500. The fourth-order valence-corrected chi connectivity index (χ4v) is 0.